The minimum atomic E-state index is -2.34. The molecule has 3 nitrogen and oxygen atoms in total. The molecule has 0 fully saturated rings. The number of rotatable bonds is 7. The van der Waals surface area contributed by atoms with Gasteiger partial charge in [0, 0.05) is 25.5 Å². The number of halogens is 3. The first kappa shape index (κ1) is 14.4. The predicted molar refractivity (Wildman–Crippen MR) is 64.6 cm³/mol. The maximum absolute atomic E-state index is 12.4. The van der Waals surface area contributed by atoms with Gasteiger partial charge in [0.25, 0.3) is 6.43 Å². The summed E-state index contributed by atoms with van der Waals surface area (Å²) in [5.74, 6) is 0.353. The van der Waals surface area contributed by atoms with Gasteiger partial charge in [0.2, 0.25) is 0 Å². The Hall–Kier alpha value is -0.680. The van der Waals surface area contributed by atoms with Crippen molar-refractivity contribution in [3.05, 3.63) is 17.5 Å². The van der Waals surface area contributed by atoms with Crippen LogP contribution in [0.25, 0.3) is 0 Å². The van der Waals surface area contributed by atoms with Crippen LogP contribution in [-0.2, 0) is 13.1 Å². The van der Waals surface area contributed by atoms with E-state index in [-0.39, 0.29) is 6.54 Å². The molecular weight excluding hydrogens is 248 g/mol. The summed E-state index contributed by atoms with van der Waals surface area (Å²) in [6.45, 7) is 5.29. The summed E-state index contributed by atoms with van der Waals surface area (Å²) in [5.41, 5.74) is 1.86. The maximum Gasteiger partial charge on any atom is 0.251 e. The van der Waals surface area contributed by atoms with Crippen LogP contribution < -0.4 is 0 Å². The highest BCUT2D eigenvalue weighted by Crippen LogP contribution is 2.09. The Labute approximate surface area is 105 Å². The van der Waals surface area contributed by atoms with E-state index in [1.165, 1.54) is 0 Å². The molecule has 17 heavy (non-hydrogen) atoms. The Kier molecular flexibility index (Phi) is 5.85. The lowest BCUT2D eigenvalue weighted by Gasteiger charge is -2.20. The van der Waals surface area contributed by atoms with Gasteiger partial charge in [-0.15, -0.1) is 11.6 Å². The molecule has 1 aromatic heterocycles. The van der Waals surface area contributed by atoms with Gasteiger partial charge in [-0.05, 0) is 19.9 Å². The van der Waals surface area contributed by atoms with Crippen LogP contribution in [0.1, 0.15) is 18.3 Å². The van der Waals surface area contributed by atoms with E-state index in [4.69, 9.17) is 11.6 Å². The summed E-state index contributed by atoms with van der Waals surface area (Å²) in [4.78, 5) is 1.65. The molecule has 0 unspecified atom stereocenters. The quantitative estimate of drug-likeness (QED) is 0.707. The van der Waals surface area contributed by atoms with Gasteiger partial charge < -0.3 is 0 Å². The maximum atomic E-state index is 12.4. The molecule has 0 aliphatic heterocycles. The molecule has 0 saturated carbocycles. The van der Waals surface area contributed by atoms with Crippen molar-refractivity contribution in [3.63, 3.8) is 0 Å². The molecule has 0 N–H and O–H groups in total. The Morgan fingerprint density at radius 2 is 2.24 bits per heavy atom. The van der Waals surface area contributed by atoms with Gasteiger partial charge in [-0.25, -0.2) is 8.78 Å². The summed E-state index contributed by atoms with van der Waals surface area (Å²) < 4.78 is 26.6. The fraction of sp³-hybridized carbons (Fsp3) is 0.727. The normalized spacial score (nSPS) is 11.7. The van der Waals surface area contributed by atoms with E-state index in [0.717, 1.165) is 17.9 Å². The molecule has 1 heterocycles. The lowest BCUT2D eigenvalue weighted by atomic mass is 10.3. The van der Waals surface area contributed by atoms with Crippen LogP contribution in [0.2, 0.25) is 0 Å². The van der Waals surface area contributed by atoms with Gasteiger partial charge in [-0.3, -0.25) is 9.58 Å². The number of aryl methyl sites for hydroxylation is 2. The van der Waals surface area contributed by atoms with Crippen LogP contribution in [0, 0.1) is 6.92 Å². The van der Waals surface area contributed by atoms with Gasteiger partial charge in [-0.1, -0.05) is 0 Å². The van der Waals surface area contributed by atoms with E-state index in [1.807, 2.05) is 24.6 Å². The highest BCUT2D eigenvalue weighted by molar-refractivity contribution is 6.18. The van der Waals surface area contributed by atoms with E-state index in [2.05, 4.69) is 5.10 Å². The Balaban J connectivity index is 2.70. The SMILES string of the molecule is CCn1nc(C)cc1CN(CCCl)CC(F)F. The molecule has 0 radical (unpaired) electrons. The fourth-order valence-electron chi connectivity index (χ4n) is 1.78. The third-order valence-electron chi connectivity index (χ3n) is 2.47. The third kappa shape index (κ3) is 4.60. The number of nitrogens with zero attached hydrogens (tertiary/aromatic N) is 3. The van der Waals surface area contributed by atoms with Crippen LogP contribution in [0.5, 0.6) is 0 Å². The second kappa shape index (κ2) is 6.91. The van der Waals surface area contributed by atoms with Gasteiger partial charge in [-0.2, -0.15) is 5.10 Å². The first-order valence-corrected chi connectivity index (χ1v) is 6.20. The van der Waals surface area contributed by atoms with Crippen molar-refractivity contribution in [2.75, 3.05) is 19.0 Å². The van der Waals surface area contributed by atoms with Crippen molar-refractivity contribution in [2.24, 2.45) is 0 Å². The first-order valence-electron chi connectivity index (χ1n) is 5.66. The van der Waals surface area contributed by atoms with Gasteiger partial charge >= 0.3 is 0 Å². The van der Waals surface area contributed by atoms with E-state index in [1.54, 1.807) is 4.90 Å². The van der Waals surface area contributed by atoms with Crippen LogP contribution in [-0.4, -0.2) is 40.1 Å². The topological polar surface area (TPSA) is 21.1 Å². The average molecular weight is 266 g/mol. The lowest BCUT2D eigenvalue weighted by molar-refractivity contribution is 0.0866. The molecule has 0 aliphatic rings. The van der Waals surface area contributed by atoms with Crippen molar-refractivity contribution in [1.29, 1.82) is 0 Å². The molecule has 0 bridgehead atoms. The zero-order valence-corrected chi connectivity index (χ0v) is 10.9. The third-order valence-corrected chi connectivity index (χ3v) is 2.64. The zero-order chi connectivity index (χ0) is 12.8. The van der Waals surface area contributed by atoms with Crippen molar-refractivity contribution in [1.82, 2.24) is 14.7 Å². The lowest BCUT2D eigenvalue weighted by Crippen LogP contribution is -2.31. The fourth-order valence-corrected chi connectivity index (χ4v) is 2.02. The number of aromatic nitrogens is 2. The molecule has 6 heteroatoms. The first-order chi connectivity index (χ1) is 8.06. The highest BCUT2D eigenvalue weighted by atomic mass is 35.5. The second-order valence-electron chi connectivity index (χ2n) is 3.91. The smallest absolute Gasteiger partial charge is 0.251 e. The van der Waals surface area contributed by atoms with Crippen LogP contribution in [0.3, 0.4) is 0 Å². The minimum absolute atomic E-state index is 0.249. The van der Waals surface area contributed by atoms with Crippen LogP contribution in [0.4, 0.5) is 8.78 Å². The molecule has 0 aromatic carbocycles. The highest BCUT2D eigenvalue weighted by Gasteiger charge is 2.14. The van der Waals surface area contributed by atoms with Crippen LogP contribution >= 0.6 is 11.6 Å². The summed E-state index contributed by atoms with van der Waals surface area (Å²) in [7, 11) is 0. The summed E-state index contributed by atoms with van der Waals surface area (Å²) >= 11 is 5.62. The molecule has 0 aliphatic carbocycles. The van der Waals surface area contributed by atoms with E-state index >= 15 is 0 Å². The van der Waals surface area contributed by atoms with Gasteiger partial charge in [0.15, 0.2) is 0 Å². The number of hydrogen-bond acceptors (Lipinski definition) is 2. The molecule has 1 rings (SSSR count). The monoisotopic (exact) mass is 265 g/mol. The van der Waals surface area contributed by atoms with Crippen molar-refractivity contribution < 1.29 is 8.78 Å². The minimum Gasteiger partial charge on any atom is -0.291 e. The van der Waals surface area contributed by atoms with E-state index < -0.39 is 6.43 Å². The van der Waals surface area contributed by atoms with E-state index in [0.29, 0.717) is 19.0 Å². The number of hydrogen-bond donors (Lipinski definition) is 0. The Morgan fingerprint density at radius 1 is 1.53 bits per heavy atom. The second-order valence-corrected chi connectivity index (χ2v) is 4.29. The van der Waals surface area contributed by atoms with Crippen molar-refractivity contribution >= 4 is 11.6 Å². The zero-order valence-electron chi connectivity index (χ0n) is 10.2. The Bertz CT molecular complexity index is 341. The summed E-state index contributed by atoms with van der Waals surface area (Å²) in [6.07, 6.45) is -2.34. The largest absolute Gasteiger partial charge is 0.291 e. The van der Waals surface area contributed by atoms with Gasteiger partial charge in [0.05, 0.1) is 17.9 Å². The van der Waals surface area contributed by atoms with Crippen molar-refractivity contribution in [3.8, 4) is 0 Å². The molecular formula is C11H18ClF2N3. The molecule has 0 amide bonds. The molecule has 0 atom stereocenters. The molecule has 0 spiro atoms. The standard InChI is InChI=1S/C11H18ClF2N3/c1-3-17-10(6-9(2)15-17)7-16(5-4-12)8-11(13)14/h6,11H,3-5,7-8H2,1-2H3. The van der Waals surface area contributed by atoms with Gasteiger partial charge in [0.1, 0.15) is 0 Å². The van der Waals surface area contributed by atoms with Crippen molar-refractivity contribution in [2.45, 2.75) is 33.4 Å². The molecule has 0 saturated heterocycles. The van der Waals surface area contributed by atoms with E-state index in [9.17, 15) is 8.78 Å². The predicted octanol–water partition coefficient (Wildman–Crippen LogP) is 2.52. The average Bonchev–Trinajstić information content (AvgIpc) is 2.58. The molecule has 98 valence electrons. The summed E-state index contributed by atoms with van der Waals surface area (Å²) in [5, 5.41) is 4.29. The summed E-state index contributed by atoms with van der Waals surface area (Å²) in [6, 6.07) is 1.93. The molecule has 1 aromatic rings. The Morgan fingerprint density at radius 3 is 2.76 bits per heavy atom. The van der Waals surface area contributed by atoms with Crippen LogP contribution in [0.15, 0.2) is 6.07 Å². The number of alkyl halides is 3.